The van der Waals surface area contributed by atoms with Gasteiger partial charge in [-0.2, -0.15) is 0 Å². The Morgan fingerprint density at radius 3 is 3.06 bits per heavy atom. The van der Waals surface area contributed by atoms with Crippen molar-refractivity contribution in [3.05, 3.63) is 23.3 Å². The van der Waals surface area contributed by atoms with Crippen LogP contribution in [0.1, 0.15) is 24.4 Å². The third-order valence-corrected chi connectivity index (χ3v) is 3.82. The second-order valence-corrected chi connectivity index (χ2v) is 5.22. The number of nitrogens with one attached hydrogen (secondary N) is 1. The first-order valence-corrected chi connectivity index (χ1v) is 6.79. The summed E-state index contributed by atoms with van der Waals surface area (Å²) in [5.74, 6) is 1.65. The number of nitrogens with zero attached hydrogens (tertiary/aromatic N) is 2. The van der Waals surface area contributed by atoms with E-state index in [0.29, 0.717) is 0 Å². The molecule has 0 unspecified atom stereocenters. The summed E-state index contributed by atoms with van der Waals surface area (Å²) < 4.78 is 5.73. The maximum atomic E-state index is 5.73. The third kappa shape index (κ3) is 2.56. The Labute approximate surface area is 104 Å². The molecule has 3 rings (SSSR count). The van der Waals surface area contributed by atoms with Gasteiger partial charge < -0.3 is 9.73 Å². The van der Waals surface area contributed by atoms with Crippen LogP contribution < -0.4 is 5.32 Å². The minimum absolute atomic E-state index is 0.744. The zero-order chi connectivity index (χ0) is 11.7. The normalized spacial score (nSPS) is 15.4. The molecule has 0 aliphatic heterocycles. The Morgan fingerprint density at radius 1 is 1.47 bits per heavy atom. The molecule has 0 aromatic carbocycles. The molecule has 2 aromatic heterocycles. The molecule has 0 spiro atoms. The predicted octanol–water partition coefficient (Wildman–Crippen LogP) is 2.40. The fourth-order valence-electron chi connectivity index (χ4n) is 1.74. The van der Waals surface area contributed by atoms with Crippen LogP contribution in [0.15, 0.2) is 16.1 Å². The summed E-state index contributed by atoms with van der Waals surface area (Å²) in [7, 11) is 0. The van der Waals surface area contributed by atoms with Crippen LogP contribution >= 0.6 is 11.3 Å². The monoisotopic (exact) mass is 249 g/mol. The van der Waals surface area contributed by atoms with E-state index in [1.165, 1.54) is 12.8 Å². The first kappa shape index (κ1) is 10.9. The smallest absolute Gasteiger partial charge is 0.196 e. The van der Waals surface area contributed by atoms with E-state index < -0.39 is 0 Å². The van der Waals surface area contributed by atoms with Gasteiger partial charge in [-0.05, 0) is 19.8 Å². The van der Waals surface area contributed by atoms with Gasteiger partial charge in [0.2, 0.25) is 0 Å². The Hall–Kier alpha value is -1.20. The first-order chi connectivity index (χ1) is 8.33. The highest BCUT2D eigenvalue weighted by Gasteiger charge is 2.20. The lowest BCUT2D eigenvalue weighted by Crippen LogP contribution is -2.19. The molecular formula is C12H15N3OS. The molecule has 1 aliphatic rings. The molecule has 90 valence electrons. The Balaban J connectivity index is 1.63. The molecule has 0 amide bonds. The molecule has 0 saturated heterocycles. The zero-order valence-electron chi connectivity index (χ0n) is 9.77. The lowest BCUT2D eigenvalue weighted by molar-refractivity contribution is 0.495. The van der Waals surface area contributed by atoms with Crippen molar-refractivity contribution in [3.63, 3.8) is 0 Å². The van der Waals surface area contributed by atoms with Crippen LogP contribution in [-0.2, 0) is 6.42 Å². The fraction of sp³-hybridized carbons (Fsp3) is 0.500. The molecule has 5 heteroatoms. The number of oxazole rings is 1. The van der Waals surface area contributed by atoms with Crippen LogP contribution in [0.3, 0.4) is 0 Å². The highest BCUT2D eigenvalue weighted by atomic mass is 32.1. The third-order valence-electron chi connectivity index (χ3n) is 2.87. The van der Waals surface area contributed by atoms with Crippen LogP contribution in [0.5, 0.6) is 0 Å². The average Bonchev–Trinajstić information content (AvgIpc) is 2.85. The highest BCUT2D eigenvalue weighted by Crippen LogP contribution is 2.27. The molecule has 2 aromatic rings. The second-order valence-electron chi connectivity index (χ2n) is 4.36. The number of aromatic nitrogens is 2. The summed E-state index contributed by atoms with van der Waals surface area (Å²) >= 11 is 1.59. The van der Waals surface area contributed by atoms with Gasteiger partial charge in [-0.25, -0.2) is 9.97 Å². The van der Waals surface area contributed by atoms with Gasteiger partial charge in [0.25, 0.3) is 0 Å². The maximum absolute atomic E-state index is 5.73. The summed E-state index contributed by atoms with van der Waals surface area (Å²) in [6.45, 7) is 2.94. The van der Waals surface area contributed by atoms with E-state index in [1.807, 2.05) is 12.4 Å². The number of rotatable bonds is 5. The van der Waals surface area contributed by atoms with Gasteiger partial charge in [0.1, 0.15) is 0 Å². The Bertz CT molecular complexity index is 501. The van der Waals surface area contributed by atoms with Gasteiger partial charge in [-0.1, -0.05) is 0 Å². The summed E-state index contributed by atoms with van der Waals surface area (Å²) in [6.07, 6.45) is 5.29. The van der Waals surface area contributed by atoms with Gasteiger partial charge in [0.15, 0.2) is 11.7 Å². The van der Waals surface area contributed by atoms with Crippen molar-refractivity contribution in [1.29, 1.82) is 0 Å². The van der Waals surface area contributed by atoms with E-state index >= 15 is 0 Å². The molecule has 0 bridgehead atoms. The van der Waals surface area contributed by atoms with Crippen molar-refractivity contribution < 1.29 is 4.42 Å². The Morgan fingerprint density at radius 2 is 2.35 bits per heavy atom. The predicted molar refractivity (Wildman–Crippen MR) is 67.1 cm³/mol. The molecule has 17 heavy (non-hydrogen) atoms. The van der Waals surface area contributed by atoms with Crippen molar-refractivity contribution >= 4 is 11.3 Å². The van der Waals surface area contributed by atoms with E-state index in [-0.39, 0.29) is 0 Å². The largest absolute Gasteiger partial charge is 0.440 e. The molecule has 2 heterocycles. The molecule has 1 saturated carbocycles. The van der Waals surface area contributed by atoms with Crippen LogP contribution in [0, 0.1) is 6.92 Å². The second kappa shape index (κ2) is 4.58. The molecule has 0 radical (unpaired) electrons. The van der Waals surface area contributed by atoms with Gasteiger partial charge in [0, 0.05) is 19.0 Å². The van der Waals surface area contributed by atoms with Crippen LogP contribution in [-0.4, -0.2) is 22.6 Å². The lowest BCUT2D eigenvalue weighted by atomic mass is 10.3. The summed E-state index contributed by atoms with van der Waals surface area (Å²) in [5.41, 5.74) is 2.84. The highest BCUT2D eigenvalue weighted by molar-refractivity contribution is 7.13. The van der Waals surface area contributed by atoms with Crippen molar-refractivity contribution in [2.24, 2.45) is 0 Å². The quantitative estimate of drug-likeness (QED) is 0.884. The number of hydrogen-bond acceptors (Lipinski definition) is 5. The molecule has 4 nitrogen and oxygen atoms in total. The SMILES string of the molecule is Cc1ncsc1-c1cnc(CCNC2CC2)o1. The Kier molecular flexibility index (Phi) is 2.94. The molecule has 0 atom stereocenters. The van der Waals surface area contributed by atoms with Crippen molar-refractivity contribution in [3.8, 4) is 10.6 Å². The van der Waals surface area contributed by atoms with Crippen LogP contribution in [0.4, 0.5) is 0 Å². The number of aryl methyl sites for hydroxylation is 1. The minimum Gasteiger partial charge on any atom is -0.440 e. The minimum atomic E-state index is 0.744. The van der Waals surface area contributed by atoms with E-state index in [4.69, 9.17) is 4.42 Å². The first-order valence-electron chi connectivity index (χ1n) is 5.91. The van der Waals surface area contributed by atoms with Crippen LogP contribution in [0.25, 0.3) is 10.6 Å². The van der Waals surface area contributed by atoms with Gasteiger partial charge in [0.05, 0.1) is 22.3 Å². The number of hydrogen-bond donors (Lipinski definition) is 1. The molecule has 1 aliphatic carbocycles. The van der Waals surface area contributed by atoms with E-state index in [1.54, 1.807) is 17.5 Å². The summed E-state index contributed by atoms with van der Waals surface area (Å²) in [5, 5.41) is 3.45. The molecule has 1 N–H and O–H groups in total. The van der Waals surface area contributed by atoms with E-state index in [9.17, 15) is 0 Å². The standard InChI is InChI=1S/C12H15N3OS/c1-8-12(17-7-15-8)10-6-14-11(16-10)4-5-13-9-2-3-9/h6-7,9,13H,2-5H2,1H3. The topological polar surface area (TPSA) is 51.0 Å². The molecule has 1 fully saturated rings. The molecular weight excluding hydrogens is 234 g/mol. The number of thiazole rings is 1. The van der Waals surface area contributed by atoms with Crippen LogP contribution in [0.2, 0.25) is 0 Å². The summed E-state index contributed by atoms with van der Waals surface area (Å²) in [4.78, 5) is 9.60. The van der Waals surface area contributed by atoms with Crippen molar-refractivity contribution in [1.82, 2.24) is 15.3 Å². The zero-order valence-corrected chi connectivity index (χ0v) is 10.6. The van der Waals surface area contributed by atoms with E-state index in [2.05, 4.69) is 15.3 Å². The average molecular weight is 249 g/mol. The fourth-order valence-corrected chi connectivity index (χ4v) is 2.49. The van der Waals surface area contributed by atoms with Crippen molar-refractivity contribution in [2.75, 3.05) is 6.54 Å². The van der Waals surface area contributed by atoms with Gasteiger partial charge >= 0.3 is 0 Å². The summed E-state index contributed by atoms with van der Waals surface area (Å²) in [6, 6.07) is 0.744. The van der Waals surface area contributed by atoms with Crippen molar-refractivity contribution in [2.45, 2.75) is 32.2 Å². The lowest BCUT2D eigenvalue weighted by Gasteiger charge is -1.98. The van der Waals surface area contributed by atoms with Gasteiger partial charge in [-0.3, -0.25) is 0 Å². The van der Waals surface area contributed by atoms with E-state index in [0.717, 1.165) is 41.2 Å². The van der Waals surface area contributed by atoms with Gasteiger partial charge in [-0.15, -0.1) is 11.3 Å². The maximum Gasteiger partial charge on any atom is 0.196 e.